The summed E-state index contributed by atoms with van der Waals surface area (Å²) in [5.41, 5.74) is 0. The van der Waals surface area contributed by atoms with E-state index in [2.05, 4.69) is 43.9 Å². The van der Waals surface area contributed by atoms with E-state index in [0.29, 0.717) is 6.04 Å². The van der Waals surface area contributed by atoms with Crippen molar-refractivity contribution in [3.05, 3.63) is 0 Å². The van der Waals surface area contributed by atoms with Crippen molar-refractivity contribution < 1.29 is 0 Å². The maximum Gasteiger partial charge on any atom is 0.191 e. The van der Waals surface area contributed by atoms with Crippen LogP contribution in [-0.4, -0.2) is 47.6 Å². The lowest BCUT2D eigenvalue weighted by atomic mass is 9.95. The van der Waals surface area contributed by atoms with Gasteiger partial charge in [-0.25, -0.2) is 0 Å². The van der Waals surface area contributed by atoms with Gasteiger partial charge in [-0.1, -0.05) is 6.42 Å². The highest BCUT2D eigenvalue weighted by Crippen LogP contribution is 2.27. The molecule has 0 saturated heterocycles. The zero-order valence-electron chi connectivity index (χ0n) is 14.1. The van der Waals surface area contributed by atoms with Gasteiger partial charge in [0.25, 0.3) is 0 Å². The molecule has 0 aromatic carbocycles. The Bertz CT molecular complexity index is 311. The molecule has 1 aliphatic rings. The maximum atomic E-state index is 4.77. The highest BCUT2D eigenvalue weighted by atomic mass is 127. The lowest BCUT2D eigenvalue weighted by Gasteiger charge is -2.30. The molecule has 2 atom stereocenters. The molecule has 1 rings (SSSR count). The number of halogens is 1. The standard InChI is InChI=1S/C15H31N3S2.HI/c1-6-16-14(17-11-15(2,3)20-5)18-12-8-7-9-13(10-12)19-4;/h12-13H,6-11H2,1-5H3,(H2,16,17,18);1H. The number of hydrogen-bond donors (Lipinski definition) is 2. The van der Waals surface area contributed by atoms with Crippen molar-refractivity contribution >= 4 is 53.5 Å². The molecule has 0 aromatic rings. The topological polar surface area (TPSA) is 36.4 Å². The Kier molecular flexibility index (Phi) is 11.6. The molecule has 21 heavy (non-hydrogen) atoms. The third-order valence-electron chi connectivity index (χ3n) is 3.82. The van der Waals surface area contributed by atoms with Crippen LogP contribution in [0.3, 0.4) is 0 Å². The second-order valence-corrected chi connectivity index (χ2v) is 8.68. The summed E-state index contributed by atoms with van der Waals surface area (Å²) in [5, 5.41) is 7.83. The molecule has 0 spiro atoms. The first-order valence-corrected chi connectivity index (χ1v) is 10.1. The number of guanidine groups is 1. The van der Waals surface area contributed by atoms with Gasteiger partial charge in [-0.15, -0.1) is 24.0 Å². The van der Waals surface area contributed by atoms with Crippen LogP contribution < -0.4 is 10.6 Å². The Balaban J connectivity index is 0.00000400. The van der Waals surface area contributed by atoms with Gasteiger partial charge in [0.2, 0.25) is 0 Å². The molecule has 6 heteroatoms. The summed E-state index contributed by atoms with van der Waals surface area (Å²) in [7, 11) is 0. The minimum absolute atomic E-state index is 0. The summed E-state index contributed by atoms with van der Waals surface area (Å²) in [4.78, 5) is 4.77. The first-order chi connectivity index (χ1) is 9.50. The minimum Gasteiger partial charge on any atom is -0.357 e. The summed E-state index contributed by atoms with van der Waals surface area (Å²) in [5.74, 6) is 0.987. The summed E-state index contributed by atoms with van der Waals surface area (Å²) in [6.45, 7) is 8.39. The van der Waals surface area contributed by atoms with Crippen LogP contribution in [0.25, 0.3) is 0 Å². The van der Waals surface area contributed by atoms with Crippen LogP contribution in [0, 0.1) is 0 Å². The SMILES string of the molecule is CCNC(=NCC(C)(C)SC)NC1CCCC(SC)C1.I. The molecule has 0 radical (unpaired) electrons. The van der Waals surface area contributed by atoms with Gasteiger partial charge in [0.1, 0.15) is 0 Å². The predicted molar refractivity (Wildman–Crippen MR) is 112 cm³/mol. The van der Waals surface area contributed by atoms with Crippen LogP contribution in [0.15, 0.2) is 4.99 Å². The Labute approximate surface area is 156 Å². The number of nitrogens with one attached hydrogen (secondary N) is 2. The van der Waals surface area contributed by atoms with Gasteiger partial charge in [0, 0.05) is 22.6 Å². The first-order valence-electron chi connectivity index (χ1n) is 7.63. The van der Waals surface area contributed by atoms with E-state index in [4.69, 9.17) is 4.99 Å². The summed E-state index contributed by atoms with van der Waals surface area (Å²) < 4.78 is 0.205. The monoisotopic (exact) mass is 445 g/mol. The Morgan fingerprint density at radius 2 is 2.00 bits per heavy atom. The van der Waals surface area contributed by atoms with Crippen molar-refractivity contribution in [2.24, 2.45) is 4.99 Å². The van der Waals surface area contributed by atoms with Crippen LogP contribution >= 0.6 is 47.5 Å². The molecule has 2 unspecified atom stereocenters. The van der Waals surface area contributed by atoms with Gasteiger partial charge in [-0.3, -0.25) is 4.99 Å². The summed E-state index contributed by atoms with van der Waals surface area (Å²) >= 11 is 3.88. The number of nitrogens with zero attached hydrogens (tertiary/aromatic N) is 1. The molecule has 1 aliphatic carbocycles. The smallest absolute Gasteiger partial charge is 0.191 e. The van der Waals surface area contributed by atoms with Crippen molar-refractivity contribution in [3.8, 4) is 0 Å². The molecule has 0 aliphatic heterocycles. The number of aliphatic imine (C=N–C) groups is 1. The molecule has 2 N–H and O–H groups in total. The molecule has 3 nitrogen and oxygen atoms in total. The van der Waals surface area contributed by atoms with E-state index in [1.54, 1.807) is 0 Å². The number of hydrogen-bond acceptors (Lipinski definition) is 3. The molecule has 0 bridgehead atoms. The van der Waals surface area contributed by atoms with Crippen molar-refractivity contribution in [3.63, 3.8) is 0 Å². The fourth-order valence-corrected chi connectivity index (χ4v) is 3.36. The zero-order valence-corrected chi connectivity index (χ0v) is 18.0. The van der Waals surface area contributed by atoms with Crippen LogP contribution in [0.1, 0.15) is 46.5 Å². The predicted octanol–water partition coefficient (Wildman–Crippen LogP) is 3.98. The Morgan fingerprint density at radius 1 is 1.29 bits per heavy atom. The molecule has 0 amide bonds. The molecule has 126 valence electrons. The van der Waals surface area contributed by atoms with E-state index >= 15 is 0 Å². The average molecular weight is 445 g/mol. The lowest BCUT2D eigenvalue weighted by Crippen LogP contribution is -2.46. The fraction of sp³-hybridized carbons (Fsp3) is 0.933. The van der Waals surface area contributed by atoms with E-state index < -0.39 is 0 Å². The van der Waals surface area contributed by atoms with E-state index in [1.165, 1.54) is 25.7 Å². The molecule has 0 aromatic heterocycles. The molecule has 0 heterocycles. The highest BCUT2D eigenvalue weighted by molar-refractivity contribution is 14.0. The maximum absolute atomic E-state index is 4.77. The van der Waals surface area contributed by atoms with Crippen molar-refractivity contribution in [2.75, 3.05) is 25.6 Å². The van der Waals surface area contributed by atoms with Gasteiger partial charge in [-0.05, 0) is 52.5 Å². The molecular weight excluding hydrogens is 413 g/mol. The normalized spacial score (nSPS) is 23.4. The van der Waals surface area contributed by atoms with Gasteiger partial charge >= 0.3 is 0 Å². The van der Waals surface area contributed by atoms with Crippen molar-refractivity contribution in [1.29, 1.82) is 0 Å². The highest BCUT2D eigenvalue weighted by Gasteiger charge is 2.22. The molecular formula is C15H32IN3S2. The summed E-state index contributed by atoms with van der Waals surface area (Å²) in [6, 6.07) is 0.580. The number of rotatable bonds is 6. The van der Waals surface area contributed by atoms with E-state index in [-0.39, 0.29) is 28.7 Å². The zero-order chi connectivity index (χ0) is 15.0. The Hall–Kier alpha value is 0.700. The van der Waals surface area contributed by atoms with Gasteiger partial charge in [-0.2, -0.15) is 23.5 Å². The third-order valence-corrected chi connectivity index (χ3v) is 6.14. The minimum atomic E-state index is 0. The van der Waals surface area contributed by atoms with Crippen LogP contribution in [0.4, 0.5) is 0 Å². The Morgan fingerprint density at radius 3 is 2.57 bits per heavy atom. The van der Waals surface area contributed by atoms with Gasteiger partial charge < -0.3 is 10.6 Å². The van der Waals surface area contributed by atoms with E-state index in [0.717, 1.165) is 24.3 Å². The second-order valence-electron chi connectivity index (χ2n) is 6.02. The summed E-state index contributed by atoms with van der Waals surface area (Å²) in [6.07, 6.45) is 9.61. The van der Waals surface area contributed by atoms with Crippen LogP contribution in [0.5, 0.6) is 0 Å². The van der Waals surface area contributed by atoms with Gasteiger partial charge in [0.05, 0.1) is 6.54 Å². The fourth-order valence-electron chi connectivity index (χ4n) is 2.34. The average Bonchev–Trinajstić information content (AvgIpc) is 2.45. The van der Waals surface area contributed by atoms with E-state index in [9.17, 15) is 0 Å². The molecule has 1 fully saturated rings. The molecule has 1 saturated carbocycles. The van der Waals surface area contributed by atoms with Crippen molar-refractivity contribution in [1.82, 2.24) is 10.6 Å². The van der Waals surface area contributed by atoms with Gasteiger partial charge in [0.15, 0.2) is 5.96 Å². The number of thioether (sulfide) groups is 2. The lowest BCUT2D eigenvalue weighted by molar-refractivity contribution is 0.419. The quantitative estimate of drug-likeness (QED) is 0.369. The first kappa shape index (κ1) is 21.7. The van der Waals surface area contributed by atoms with Crippen LogP contribution in [0.2, 0.25) is 0 Å². The van der Waals surface area contributed by atoms with Crippen LogP contribution in [-0.2, 0) is 0 Å². The largest absolute Gasteiger partial charge is 0.357 e. The third kappa shape index (κ3) is 8.79. The van der Waals surface area contributed by atoms with Crippen molar-refractivity contribution in [2.45, 2.75) is 62.5 Å². The van der Waals surface area contributed by atoms with E-state index in [1.807, 2.05) is 23.5 Å². The second kappa shape index (κ2) is 11.3.